The molecule has 2 atom stereocenters. The van der Waals surface area contributed by atoms with E-state index in [1.807, 2.05) is 44.2 Å². The maximum absolute atomic E-state index is 13.1. The van der Waals surface area contributed by atoms with Crippen molar-refractivity contribution in [1.29, 1.82) is 0 Å². The molecule has 4 fully saturated rings. The summed E-state index contributed by atoms with van der Waals surface area (Å²) in [7, 11) is 0. The number of ketones is 1. The molecule has 170 valence electrons. The van der Waals surface area contributed by atoms with Crippen LogP contribution in [0.5, 0.6) is 0 Å². The molecule has 1 N–H and O–H groups in total. The quantitative estimate of drug-likeness (QED) is 0.498. The fourth-order valence-electron chi connectivity index (χ4n) is 6.94. The third-order valence-electron chi connectivity index (χ3n) is 7.96. The standard InChI is InChI=1S/C26H30ClNO4/c1-16-7-21(17(2)28(16)13-20-5-3-4-6-22(20)27)23(29)14-32-24(30)25-9-18-8-19(10-25)12-26(31,11-18)15-25/h3-7,18-19,31H,8-15H2,1-2H3. The predicted molar refractivity (Wildman–Crippen MR) is 122 cm³/mol. The number of rotatable bonds is 6. The van der Waals surface area contributed by atoms with Gasteiger partial charge in [-0.25, -0.2) is 0 Å². The van der Waals surface area contributed by atoms with Crippen molar-refractivity contribution >= 4 is 23.4 Å². The molecular formula is C26H30ClNO4. The molecule has 1 heterocycles. The van der Waals surface area contributed by atoms with Gasteiger partial charge in [0, 0.05) is 28.5 Å². The molecule has 2 aromatic rings. The second kappa shape index (κ2) is 7.74. The molecule has 32 heavy (non-hydrogen) atoms. The molecule has 5 nitrogen and oxygen atoms in total. The minimum Gasteiger partial charge on any atom is -0.457 e. The van der Waals surface area contributed by atoms with Crippen LogP contribution >= 0.6 is 11.6 Å². The minimum absolute atomic E-state index is 0.194. The zero-order valence-electron chi connectivity index (χ0n) is 18.7. The Labute approximate surface area is 193 Å². The van der Waals surface area contributed by atoms with Gasteiger partial charge in [-0.3, -0.25) is 9.59 Å². The monoisotopic (exact) mass is 455 g/mol. The summed E-state index contributed by atoms with van der Waals surface area (Å²) in [6.07, 6.45) is 4.75. The fourth-order valence-corrected chi connectivity index (χ4v) is 7.13. The summed E-state index contributed by atoms with van der Waals surface area (Å²) < 4.78 is 7.66. The molecule has 0 amide bonds. The Balaban J connectivity index is 1.28. The third-order valence-corrected chi connectivity index (χ3v) is 8.33. The van der Waals surface area contributed by atoms with Crippen molar-refractivity contribution in [3.63, 3.8) is 0 Å². The predicted octanol–water partition coefficient (Wildman–Crippen LogP) is 4.86. The smallest absolute Gasteiger partial charge is 0.312 e. The van der Waals surface area contributed by atoms with Gasteiger partial charge in [0.15, 0.2) is 6.61 Å². The lowest BCUT2D eigenvalue weighted by atomic mass is 9.48. The number of benzene rings is 1. The summed E-state index contributed by atoms with van der Waals surface area (Å²) in [5.74, 6) is 0.296. The number of esters is 1. The highest BCUT2D eigenvalue weighted by Crippen LogP contribution is 2.62. The van der Waals surface area contributed by atoms with Crippen LogP contribution in [-0.2, 0) is 16.1 Å². The van der Waals surface area contributed by atoms with Gasteiger partial charge >= 0.3 is 5.97 Å². The lowest BCUT2D eigenvalue weighted by Crippen LogP contribution is -2.58. The van der Waals surface area contributed by atoms with Gasteiger partial charge in [0.1, 0.15) is 0 Å². The molecule has 0 saturated heterocycles. The molecule has 4 bridgehead atoms. The number of ether oxygens (including phenoxy) is 1. The molecular weight excluding hydrogens is 426 g/mol. The second-order valence-electron chi connectivity index (χ2n) is 10.4. The van der Waals surface area contributed by atoms with Gasteiger partial charge in [-0.1, -0.05) is 29.8 Å². The van der Waals surface area contributed by atoms with E-state index in [0.717, 1.165) is 49.1 Å². The summed E-state index contributed by atoms with van der Waals surface area (Å²) in [5.41, 5.74) is 2.03. The summed E-state index contributed by atoms with van der Waals surface area (Å²) in [6, 6.07) is 9.53. The maximum atomic E-state index is 13.1. The van der Waals surface area contributed by atoms with Crippen molar-refractivity contribution < 1.29 is 19.4 Å². The van der Waals surface area contributed by atoms with E-state index in [1.165, 1.54) is 0 Å². The van der Waals surface area contributed by atoms with Crippen LogP contribution in [0, 0.1) is 31.1 Å². The topological polar surface area (TPSA) is 68.5 Å². The van der Waals surface area contributed by atoms with Crippen LogP contribution in [0.15, 0.2) is 30.3 Å². The van der Waals surface area contributed by atoms with Gasteiger partial charge in [-0.2, -0.15) is 0 Å². The lowest BCUT2D eigenvalue weighted by molar-refractivity contribution is -0.195. The maximum Gasteiger partial charge on any atom is 0.312 e. The molecule has 6 rings (SSSR count). The molecule has 1 aromatic carbocycles. The van der Waals surface area contributed by atoms with Crippen molar-refractivity contribution in [3.05, 3.63) is 57.9 Å². The van der Waals surface area contributed by atoms with Crippen LogP contribution in [0.1, 0.15) is 65.8 Å². The van der Waals surface area contributed by atoms with Gasteiger partial charge in [-0.05, 0) is 81.9 Å². The number of halogens is 1. The van der Waals surface area contributed by atoms with Gasteiger partial charge < -0.3 is 14.4 Å². The van der Waals surface area contributed by atoms with E-state index in [4.69, 9.17) is 16.3 Å². The molecule has 4 aliphatic carbocycles. The fraction of sp³-hybridized carbons (Fsp3) is 0.538. The lowest BCUT2D eigenvalue weighted by Gasteiger charge is -2.58. The van der Waals surface area contributed by atoms with Crippen LogP contribution in [0.2, 0.25) is 5.02 Å². The zero-order valence-corrected chi connectivity index (χ0v) is 19.5. The van der Waals surface area contributed by atoms with Gasteiger partial charge in [0.05, 0.1) is 11.0 Å². The van der Waals surface area contributed by atoms with Crippen LogP contribution in [-0.4, -0.2) is 33.6 Å². The van der Waals surface area contributed by atoms with Gasteiger partial charge in [0.25, 0.3) is 0 Å². The minimum atomic E-state index is -0.725. The first-order chi connectivity index (χ1) is 15.2. The van der Waals surface area contributed by atoms with E-state index in [-0.39, 0.29) is 18.4 Å². The SMILES string of the molecule is Cc1cc(C(=O)COC(=O)C23CC4CC(CC(O)(C4)C2)C3)c(C)n1Cc1ccccc1Cl. The molecule has 6 heteroatoms. The van der Waals surface area contributed by atoms with E-state index in [2.05, 4.69) is 4.57 Å². The molecule has 4 saturated carbocycles. The summed E-state index contributed by atoms with van der Waals surface area (Å²) in [6.45, 7) is 4.19. The van der Waals surface area contributed by atoms with E-state index in [0.29, 0.717) is 35.4 Å². The first-order valence-electron chi connectivity index (χ1n) is 11.5. The first-order valence-corrected chi connectivity index (χ1v) is 11.9. The molecule has 0 spiro atoms. The number of aryl methyl sites for hydroxylation is 1. The van der Waals surface area contributed by atoms with Gasteiger partial charge in [0.2, 0.25) is 5.78 Å². The number of nitrogens with zero attached hydrogens (tertiary/aromatic N) is 1. The van der Waals surface area contributed by atoms with E-state index in [1.54, 1.807) is 0 Å². The number of carbonyl (C=O) groups is 2. The summed E-state index contributed by atoms with van der Waals surface area (Å²) >= 11 is 6.32. The molecule has 0 radical (unpaired) electrons. The van der Waals surface area contributed by atoms with Gasteiger partial charge in [-0.15, -0.1) is 0 Å². The number of carbonyl (C=O) groups excluding carboxylic acids is 2. The Morgan fingerprint density at radius 2 is 1.84 bits per heavy atom. The Bertz CT molecular complexity index is 1070. The molecule has 0 aliphatic heterocycles. The molecule has 1 aromatic heterocycles. The number of aliphatic hydroxyl groups is 1. The van der Waals surface area contributed by atoms with Crippen molar-refractivity contribution in [1.82, 2.24) is 4.57 Å². The van der Waals surface area contributed by atoms with Crippen LogP contribution in [0.4, 0.5) is 0 Å². The first kappa shape index (κ1) is 21.7. The number of hydrogen-bond acceptors (Lipinski definition) is 4. The van der Waals surface area contributed by atoms with Crippen molar-refractivity contribution in [3.8, 4) is 0 Å². The highest BCUT2D eigenvalue weighted by molar-refractivity contribution is 6.31. The number of Topliss-reactive ketones (excluding diaryl/α,β-unsaturated/α-hetero) is 1. The van der Waals surface area contributed by atoms with Crippen molar-refractivity contribution in [2.45, 2.75) is 64.5 Å². The normalized spacial score (nSPS) is 30.5. The van der Waals surface area contributed by atoms with Crippen molar-refractivity contribution in [2.24, 2.45) is 17.3 Å². The van der Waals surface area contributed by atoms with Crippen LogP contribution in [0.3, 0.4) is 0 Å². The Kier molecular flexibility index (Phi) is 5.25. The largest absolute Gasteiger partial charge is 0.457 e. The number of hydrogen-bond donors (Lipinski definition) is 1. The molecule has 4 aliphatic rings. The average molecular weight is 456 g/mol. The highest BCUT2D eigenvalue weighted by Gasteiger charge is 2.60. The van der Waals surface area contributed by atoms with E-state index >= 15 is 0 Å². The third kappa shape index (κ3) is 3.69. The summed E-state index contributed by atoms with van der Waals surface area (Å²) in [4.78, 5) is 26.1. The zero-order chi connectivity index (χ0) is 22.7. The van der Waals surface area contributed by atoms with E-state index in [9.17, 15) is 14.7 Å². The Morgan fingerprint density at radius 3 is 2.50 bits per heavy atom. The summed E-state index contributed by atoms with van der Waals surface area (Å²) in [5, 5.41) is 11.6. The Hall–Kier alpha value is -2.11. The Morgan fingerprint density at radius 1 is 1.16 bits per heavy atom. The molecule has 2 unspecified atom stereocenters. The second-order valence-corrected chi connectivity index (χ2v) is 10.8. The van der Waals surface area contributed by atoms with Crippen LogP contribution < -0.4 is 0 Å². The van der Waals surface area contributed by atoms with E-state index < -0.39 is 11.0 Å². The number of aromatic nitrogens is 1. The van der Waals surface area contributed by atoms with Crippen LogP contribution in [0.25, 0.3) is 0 Å². The highest BCUT2D eigenvalue weighted by atomic mass is 35.5. The average Bonchev–Trinajstić information content (AvgIpc) is 3.00. The van der Waals surface area contributed by atoms with Crippen molar-refractivity contribution in [2.75, 3.05) is 6.61 Å².